The van der Waals surface area contributed by atoms with Gasteiger partial charge in [-0.15, -0.1) is 0 Å². The lowest BCUT2D eigenvalue weighted by Gasteiger charge is -2.29. The van der Waals surface area contributed by atoms with Crippen LogP contribution in [0.2, 0.25) is 0 Å². The van der Waals surface area contributed by atoms with Gasteiger partial charge in [0.15, 0.2) is 0 Å². The Morgan fingerprint density at radius 2 is 1.67 bits per heavy atom. The van der Waals surface area contributed by atoms with Crippen molar-refractivity contribution in [3.63, 3.8) is 0 Å². The highest BCUT2D eigenvalue weighted by Gasteiger charge is 2.15. The number of nitrogens with one attached hydrogen (secondary N) is 1. The second-order valence-electron chi connectivity index (χ2n) is 7.32. The summed E-state index contributed by atoms with van der Waals surface area (Å²) in [5.41, 5.74) is 2.75. The molecule has 24 heavy (non-hydrogen) atoms. The topological polar surface area (TPSA) is 38.7 Å². The van der Waals surface area contributed by atoms with Gasteiger partial charge in [0.2, 0.25) is 0 Å². The molecule has 2 heterocycles. The molecule has 2 N–H and O–H groups in total. The van der Waals surface area contributed by atoms with E-state index in [1.54, 1.807) is 0 Å². The van der Waals surface area contributed by atoms with Gasteiger partial charge in [-0.3, -0.25) is 0 Å². The third-order valence-corrected chi connectivity index (χ3v) is 5.37. The summed E-state index contributed by atoms with van der Waals surface area (Å²) in [7, 11) is 0. The second kappa shape index (κ2) is 9.40. The van der Waals surface area contributed by atoms with Gasteiger partial charge < -0.3 is 20.2 Å². The van der Waals surface area contributed by atoms with Gasteiger partial charge in [0.1, 0.15) is 0 Å². The number of likely N-dealkylation sites (tertiary alicyclic amines) is 1. The number of anilines is 1. The molecule has 2 saturated heterocycles. The van der Waals surface area contributed by atoms with Crippen LogP contribution in [0.1, 0.15) is 44.1 Å². The van der Waals surface area contributed by atoms with Crippen LogP contribution in [0.3, 0.4) is 0 Å². The fourth-order valence-corrected chi connectivity index (χ4v) is 3.78. The van der Waals surface area contributed by atoms with E-state index in [1.165, 1.54) is 50.0 Å². The van der Waals surface area contributed by atoms with E-state index in [4.69, 9.17) is 0 Å². The Bertz CT molecular complexity index is 462. The summed E-state index contributed by atoms with van der Waals surface area (Å²) in [5.74, 6) is 0. The van der Waals surface area contributed by atoms with E-state index in [9.17, 15) is 5.11 Å². The van der Waals surface area contributed by atoms with Crippen molar-refractivity contribution < 1.29 is 5.11 Å². The number of rotatable bonds is 7. The van der Waals surface area contributed by atoms with Crippen LogP contribution >= 0.6 is 0 Å². The molecule has 0 aliphatic carbocycles. The Labute approximate surface area is 146 Å². The summed E-state index contributed by atoms with van der Waals surface area (Å²) < 4.78 is 0. The summed E-state index contributed by atoms with van der Waals surface area (Å²) in [6.07, 6.45) is 7.05. The summed E-state index contributed by atoms with van der Waals surface area (Å²) in [6, 6.07) is 9.09. The van der Waals surface area contributed by atoms with Crippen LogP contribution in [-0.2, 0) is 6.54 Å². The number of nitrogens with zero attached hydrogens (tertiary/aromatic N) is 2. The lowest BCUT2D eigenvalue weighted by molar-refractivity contribution is 0.0821. The van der Waals surface area contributed by atoms with Crippen LogP contribution in [0.5, 0.6) is 0 Å². The first-order valence-electron chi connectivity index (χ1n) is 9.76. The van der Waals surface area contributed by atoms with Crippen molar-refractivity contribution in [1.82, 2.24) is 10.2 Å². The minimum atomic E-state index is -0.0627. The van der Waals surface area contributed by atoms with Gasteiger partial charge >= 0.3 is 0 Å². The normalized spacial score (nSPS) is 20.5. The summed E-state index contributed by atoms with van der Waals surface area (Å²) in [5, 5.41) is 13.1. The molecule has 134 valence electrons. The van der Waals surface area contributed by atoms with Crippen molar-refractivity contribution in [1.29, 1.82) is 0 Å². The zero-order valence-corrected chi connectivity index (χ0v) is 14.9. The Morgan fingerprint density at radius 1 is 0.958 bits per heavy atom. The van der Waals surface area contributed by atoms with E-state index < -0.39 is 0 Å². The van der Waals surface area contributed by atoms with Crippen LogP contribution in [0.4, 0.5) is 5.69 Å². The fraction of sp³-hybridized carbons (Fsp3) is 0.700. The first-order valence-corrected chi connectivity index (χ1v) is 9.76. The van der Waals surface area contributed by atoms with Crippen LogP contribution in [-0.4, -0.2) is 55.4 Å². The quantitative estimate of drug-likeness (QED) is 0.754. The molecule has 0 unspecified atom stereocenters. The highest BCUT2D eigenvalue weighted by Crippen LogP contribution is 2.20. The minimum Gasteiger partial charge on any atom is -0.393 e. The second-order valence-corrected chi connectivity index (χ2v) is 7.32. The molecular formula is C20H33N3O. The Morgan fingerprint density at radius 3 is 2.38 bits per heavy atom. The van der Waals surface area contributed by atoms with Crippen LogP contribution < -0.4 is 10.2 Å². The Balaban J connectivity index is 1.30. The molecule has 0 atom stereocenters. The number of hydrogen-bond acceptors (Lipinski definition) is 4. The van der Waals surface area contributed by atoms with Gasteiger partial charge in [-0.05, 0) is 69.3 Å². The minimum absolute atomic E-state index is 0.0627. The third-order valence-electron chi connectivity index (χ3n) is 5.37. The smallest absolute Gasteiger partial charge is 0.0564 e. The number of aliphatic hydroxyl groups excluding tert-OH is 1. The molecule has 1 aromatic carbocycles. The zero-order chi connectivity index (χ0) is 16.6. The van der Waals surface area contributed by atoms with E-state index in [0.717, 1.165) is 45.6 Å². The first kappa shape index (κ1) is 17.7. The monoisotopic (exact) mass is 331 g/mol. The average Bonchev–Trinajstić information content (AvgIpc) is 2.64. The molecule has 3 rings (SSSR count). The summed E-state index contributed by atoms with van der Waals surface area (Å²) >= 11 is 0. The zero-order valence-electron chi connectivity index (χ0n) is 14.9. The maximum Gasteiger partial charge on any atom is 0.0564 e. The molecular weight excluding hydrogens is 298 g/mol. The molecule has 2 fully saturated rings. The molecule has 4 nitrogen and oxygen atoms in total. The van der Waals surface area contributed by atoms with Crippen molar-refractivity contribution in [2.24, 2.45) is 0 Å². The molecule has 0 spiro atoms. The van der Waals surface area contributed by atoms with Crippen molar-refractivity contribution in [3.05, 3.63) is 29.8 Å². The van der Waals surface area contributed by atoms with Crippen molar-refractivity contribution in [2.45, 2.75) is 51.2 Å². The van der Waals surface area contributed by atoms with E-state index in [0.29, 0.717) is 0 Å². The Kier molecular flexibility index (Phi) is 6.94. The van der Waals surface area contributed by atoms with E-state index in [1.807, 2.05) is 0 Å². The van der Waals surface area contributed by atoms with Crippen LogP contribution in [0, 0.1) is 0 Å². The number of benzene rings is 1. The van der Waals surface area contributed by atoms with Gasteiger partial charge in [0.25, 0.3) is 0 Å². The summed E-state index contributed by atoms with van der Waals surface area (Å²) in [4.78, 5) is 4.98. The largest absolute Gasteiger partial charge is 0.393 e. The maximum absolute atomic E-state index is 9.52. The van der Waals surface area contributed by atoms with Gasteiger partial charge in [0, 0.05) is 38.4 Å². The van der Waals surface area contributed by atoms with Crippen molar-refractivity contribution in [2.75, 3.05) is 44.2 Å². The molecule has 0 amide bonds. The SMILES string of the molecule is OC1CCN(CCCNCc2ccc(N3CCCCC3)cc2)CC1. The van der Waals surface area contributed by atoms with Crippen molar-refractivity contribution in [3.8, 4) is 0 Å². The average molecular weight is 332 g/mol. The first-order chi connectivity index (χ1) is 11.8. The predicted octanol–water partition coefficient (Wildman–Crippen LogP) is 2.61. The van der Waals surface area contributed by atoms with Crippen LogP contribution in [0.25, 0.3) is 0 Å². The predicted molar refractivity (Wildman–Crippen MR) is 101 cm³/mol. The van der Waals surface area contributed by atoms with Crippen LogP contribution in [0.15, 0.2) is 24.3 Å². The number of aliphatic hydroxyl groups is 1. The van der Waals surface area contributed by atoms with Gasteiger partial charge in [-0.25, -0.2) is 0 Å². The lowest BCUT2D eigenvalue weighted by atomic mass is 10.1. The lowest BCUT2D eigenvalue weighted by Crippen LogP contribution is -2.37. The highest BCUT2D eigenvalue weighted by molar-refractivity contribution is 5.47. The molecule has 2 aliphatic rings. The molecule has 2 aliphatic heterocycles. The van der Waals surface area contributed by atoms with Gasteiger partial charge in [-0.2, -0.15) is 0 Å². The van der Waals surface area contributed by atoms with Gasteiger partial charge in [-0.1, -0.05) is 12.1 Å². The highest BCUT2D eigenvalue weighted by atomic mass is 16.3. The fourth-order valence-electron chi connectivity index (χ4n) is 3.78. The van der Waals surface area contributed by atoms with E-state index in [2.05, 4.69) is 39.4 Å². The molecule has 4 heteroatoms. The van der Waals surface area contributed by atoms with E-state index in [-0.39, 0.29) is 6.10 Å². The molecule has 0 saturated carbocycles. The number of hydrogen-bond donors (Lipinski definition) is 2. The maximum atomic E-state index is 9.52. The summed E-state index contributed by atoms with van der Waals surface area (Å²) in [6.45, 7) is 7.70. The number of piperidine rings is 2. The molecule has 1 aromatic rings. The molecule has 0 aromatic heterocycles. The third kappa shape index (κ3) is 5.47. The Hall–Kier alpha value is -1.10. The van der Waals surface area contributed by atoms with Gasteiger partial charge in [0.05, 0.1) is 6.10 Å². The van der Waals surface area contributed by atoms with E-state index >= 15 is 0 Å². The van der Waals surface area contributed by atoms with Crippen molar-refractivity contribution >= 4 is 5.69 Å². The molecule has 0 radical (unpaired) electrons. The molecule has 0 bridgehead atoms. The standard InChI is InChI=1S/C20H33N3O/c24-20-9-15-22(16-10-20)12-4-11-21-17-18-5-7-19(8-6-18)23-13-2-1-3-14-23/h5-8,20-21,24H,1-4,9-17H2.